The summed E-state index contributed by atoms with van der Waals surface area (Å²) in [4.78, 5) is 14.2. The highest BCUT2D eigenvalue weighted by molar-refractivity contribution is 7.99. The van der Waals surface area contributed by atoms with Crippen molar-refractivity contribution in [1.82, 2.24) is 19.7 Å². The number of carbonyl (C=O) groups excluding carboxylic acids is 1. The van der Waals surface area contributed by atoms with Crippen molar-refractivity contribution in [3.05, 3.63) is 48.4 Å². The van der Waals surface area contributed by atoms with Crippen LogP contribution in [-0.4, -0.2) is 51.5 Å². The van der Waals surface area contributed by atoms with Crippen LogP contribution in [0.25, 0.3) is 11.4 Å². The molecule has 0 saturated carbocycles. The lowest BCUT2D eigenvalue weighted by molar-refractivity contribution is -0.127. The normalized spacial score (nSPS) is 10.8. The van der Waals surface area contributed by atoms with Crippen molar-refractivity contribution < 1.29 is 13.9 Å². The fourth-order valence-electron chi connectivity index (χ4n) is 2.87. The number of hydrogen-bond donors (Lipinski definition) is 0. The largest absolute Gasteiger partial charge is 0.497 e. The Morgan fingerprint density at radius 3 is 2.71 bits per heavy atom. The van der Waals surface area contributed by atoms with Gasteiger partial charge in [-0.3, -0.25) is 9.36 Å². The lowest BCUT2D eigenvalue weighted by Crippen LogP contribution is -2.31. The Hall–Kier alpha value is -2.74. The van der Waals surface area contributed by atoms with Crippen LogP contribution in [0.2, 0.25) is 0 Å². The van der Waals surface area contributed by atoms with Crippen molar-refractivity contribution in [2.45, 2.75) is 25.5 Å². The lowest BCUT2D eigenvalue weighted by Gasteiger charge is -2.18. The zero-order valence-electron chi connectivity index (χ0n) is 16.3. The first kappa shape index (κ1) is 20.0. The van der Waals surface area contributed by atoms with Crippen LogP contribution in [0.3, 0.4) is 0 Å². The molecule has 0 fully saturated rings. The van der Waals surface area contributed by atoms with Crippen molar-refractivity contribution in [3.63, 3.8) is 0 Å². The van der Waals surface area contributed by atoms with Crippen molar-refractivity contribution >= 4 is 17.7 Å². The van der Waals surface area contributed by atoms with Crippen LogP contribution in [0.5, 0.6) is 5.75 Å². The number of amides is 1. The van der Waals surface area contributed by atoms with Crippen LogP contribution in [0, 0.1) is 0 Å². The highest BCUT2D eigenvalue weighted by Gasteiger charge is 2.18. The monoisotopic (exact) mass is 400 g/mol. The number of benzene rings is 1. The van der Waals surface area contributed by atoms with E-state index in [0.717, 1.165) is 17.1 Å². The van der Waals surface area contributed by atoms with Gasteiger partial charge in [-0.2, -0.15) is 0 Å². The van der Waals surface area contributed by atoms with Gasteiger partial charge in [-0.1, -0.05) is 23.9 Å². The van der Waals surface area contributed by atoms with E-state index in [1.807, 2.05) is 59.7 Å². The summed E-state index contributed by atoms with van der Waals surface area (Å²) < 4.78 is 12.8. The van der Waals surface area contributed by atoms with E-state index in [1.54, 1.807) is 13.4 Å². The van der Waals surface area contributed by atoms with Crippen LogP contribution in [-0.2, 0) is 11.3 Å². The molecule has 1 amide bonds. The third-order valence-electron chi connectivity index (χ3n) is 4.38. The second kappa shape index (κ2) is 9.45. The van der Waals surface area contributed by atoms with Crippen molar-refractivity contribution in [3.8, 4) is 17.1 Å². The predicted molar refractivity (Wildman–Crippen MR) is 108 cm³/mol. The molecule has 7 nitrogen and oxygen atoms in total. The number of carbonyl (C=O) groups is 1. The molecule has 3 aromatic rings. The Morgan fingerprint density at radius 1 is 1.21 bits per heavy atom. The Labute approximate surface area is 168 Å². The molecule has 0 aliphatic rings. The fraction of sp³-hybridized carbons (Fsp3) is 0.350. The zero-order chi connectivity index (χ0) is 19.9. The van der Waals surface area contributed by atoms with Gasteiger partial charge in [0.1, 0.15) is 11.5 Å². The standard InChI is InChI=1S/C20H24N4O3S/c1-4-23(5-2)18(25)14-28-20-22-21-19(15-8-6-9-16(12-15)26-3)24(20)13-17-10-7-11-27-17/h6-12H,4-5,13-14H2,1-3H3. The second-order valence-electron chi connectivity index (χ2n) is 6.06. The number of rotatable bonds is 9. The summed E-state index contributed by atoms with van der Waals surface area (Å²) >= 11 is 1.39. The molecule has 0 N–H and O–H groups in total. The summed E-state index contributed by atoms with van der Waals surface area (Å²) in [6.45, 7) is 5.83. The highest BCUT2D eigenvalue weighted by Crippen LogP contribution is 2.27. The third kappa shape index (κ3) is 4.56. The van der Waals surface area contributed by atoms with E-state index in [-0.39, 0.29) is 5.91 Å². The molecule has 148 valence electrons. The zero-order valence-corrected chi connectivity index (χ0v) is 17.1. The van der Waals surface area contributed by atoms with Crippen molar-refractivity contribution in [1.29, 1.82) is 0 Å². The van der Waals surface area contributed by atoms with E-state index in [1.165, 1.54) is 11.8 Å². The molecule has 0 atom stereocenters. The van der Waals surface area contributed by atoms with Crippen molar-refractivity contribution in [2.24, 2.45) is 0 Å². The number of thioether (sulfide) groups is 1. The molecule has 0 aliphatic carbocycles. The number of methoxy groups -OCH3 is 1. The number of aromatic nitrogens is 3. The van der Waals surface area contributed by atoms with Gasteiger partial charge in [0.2, 0.25) is 5.91 Å². The lowest BCUT2D eigenvalue weighted by atomic mass is 10.2. The van der Waals surface area contributed by atoms with Gasteiger partial charge in [0.05, 0.1) is 25.7 Å². The Bertz CT molecular complexity index is 904. The van der Waals surface area contributed by atoms with Crippen LogP contribution >= 0.6 is 11.8 Å². The summed E-state index contributed by atoms with van der Waals surface area (Å²) in [6.07, 6.45) is 1.64. The average Bonchev–Trinajstić information content (AvgIpc) is 3.38. The molecule has 0 bridgehead atoms. The smallest absolute Gasteiger partial charge is 0.233 e. The van der Waals surface area contributed by atoms with E-state index < -0.39 is 0 Å². The molecular weight excluding hydrogens is 376 g/mol. The van der Waals surface area contributed by atoms with Crippen LogP contribution in [0.1, 0.15) is 19.6 Å². The molecule has 1 aromatic carbocycles. The molecule has 2 heterocycles. The molecule has 2 aromatic heterocycles. The summed E-state index contributed by atoms with van der Waals surface area (Å²) in [5, 5.41) is 9.39. The van der Waals surface area contributed by atoms with E-state index >= 15 is 0 Å². The van der Waals surface area contributed by atoms with Crippen molar-refractivity contribution in [2.75, 3.05) is 26.0 Å². The molecule has 0 unspecified atom stereocenters. The molecule has 0 saturated heterocycles. The van der Waals surface area contributed by atoms with Gasteiger partial charge in [0.25, 0.3) is 0 Å². The minimum absolute atomic E-state index is 0.0884. The van der Waals surface area contributed by atoms with Gasteiger partial charge in [-0.05, 0) is 38.1 Å². The van der Waals surface area contributed by atoms with E-state index in [9.17, 15) is 4.79 Å². The average molecular weight is 401 g/mol. The molecule has 0 spiro atoms. The number of hydrogen-bond acceptors (Lipinski definition) is 6. The first-order chi connectivity index (χ1) is 13.7. The third-order valence-corrected chi connectivity index (χ3v) is 5.33. The van der Waals surface area contributed by atoms with Gasteiger partial charge < -0.3 is 14.1 Å². The van der Waals surface area contributed by atoms with Crippen LogP contribution in [0.4, 0.5) is 0 Å². The summed E-state index contributed by atoms with van der Waals surface area (Å²) in [7, 11) is 1.63. The van der Waals surface area contributed by atoms with Gasteiger partial charge in [0.15, 0.2) is 11.0 Å². The molecule has 28 heavy (non-hydrogen) atoms. The summed E-state index contributed by atoms with van der Waals surface area (Å²) in [5.41, 5.74) is 0.889. The summed E-state index contributed by atoms with van der Waals surface area (Å²) in [6, 6.07) is 11.4. The van der Waals surface area contributed by atoms with E-state index in [2.05, 4.69) is 10.2 Å². The van der Waals surface area contributed by atoms with Gasteiger partial charge in [-0.25, -0.2) is 0 Å². The van der Waals surface area contributed by atoms with E-state index in [4.69, 9.17) is 9.15 Å². The number of nitrogens with zero attached hydrogens (tertiary/aromatic N) is 4. The Morgan fingerprint density at radius 2 is 2.04 bits per heavy atom. The Balaban J connectivity index is 1.89. The molecular formula is C20H24N4O3S. The maximum absolute atomic E-state index is 12.4. The molecule has 8 heteroatoms. The SMILES string of the molecule is CCN(CC)C(=O)CSc1nnc(-c2cccc(OC)c2)n1Cc1ccco1. The number of furan rings is 1. The van der Waals surface area contributed by atoms with E-state index in [0.29, 0.717) is 36.4 Å². The predicted octanol–water partition coefficient (Wildman–Crippen LogP) is 3.56. The van der Waals surface area contributed by atoms with Gasteiger partial charge in [-0.15, -0.1) is 10.2 Å². The van der Waals surface area contributed by atoms with Crippen LogP contribution < -0.4 is 4.74 Å². The Kier molecular flexibility index (Phi) is 6.76. The fourth-order valence-corrected chi connectivity index (χ4v) is 3.71. The quantitative estimate of drug-likeness (QED) is 0.512. The van der Waals surface area contributed by atoms with Crippen LogP contribution in [0.15, 0.2) is 52.2 Å². The molecule has 3 rings (SSSR count). The topological polar surface area (TPSA) is 73.4 Å². The summed E-state index contributed by atoms with van der Waals surface area (Å²) in [5.74, 6) is 2.64. The maximum atomic E-state index is 12.4. The first-order valence-electron chi connectivity index (χ1n) is 9.16. The minimum atomic E-state index is 0.0884. The maximum Gasteiger partial charge on any atom is 0.233 e. The molecule has 0 aliphatic heterocycles. The van der Waals surface area contributed by atoms with Gasteiger partial charge >= 0.3 is 0 Å². The first-order valence-corrected chi connectivity index (χ1v) is 10.1. The second-order valence-corrected chi connectivity index (χ2v) is 7.00. The molecule has 0 radical (unpaired) electrons. The minimum Gasteiger partial charge on any atom is -0.497 e. The number of ether oxygens (including phenoxy) is 1. The van der Waals surface area contributed by atoms with Gasteiger partial charge in [0, 0.05) is 18.7 Å². The highest BCUT2D eigenvalue weighted by atomic mass is 32.2.